The minimum Gasteiger partial charge on any atom is -0.508 e. The highest BCUT2D eigenvalue weighted by molar-refractivity contribution is 6.21. The number of nitrogens with one attached hydrogen (secondary N) is 2. The van der Waals surface area contributed by atoms with Crippen LogP contribution < -0.4 is 16.4 Å². The van der Waals surface area contributed by atoms with E-state index >= 15 is 0 Å². The molecule has 0 spiro atoms. The monoisotopic (exact) mass is 796 g/mol. The van der Waals surface area contributed by atoms with E-state index < -0.39 is 0 Å². The Labute approximate surface area is 349 Å². The van der Waals surface area contributed by atoms with Gasteiger partial charge in [0, 0.05) is 83.9 Å². The molecular weight excluding hydrogens is 749 g/mol. The Hall–Kier alpha value is -6.46. The maximum absolute atomic E-state index is 12.8. The van der Waals surface area contributed by atoms with E-state index in [1.54, 1.807) is 48.5 Å². The first kappa shape index (κ1) is 39.0. The van der Waals surface area contributed by atoms with Crippen LogP contribution in [-0.2, 0) is 13.1 Å². The van der Waals surface area contributed by atoms with Gasteiger partial charge in [0.1, 0.15) is 11.5 Å². The number of imide groups is 1. The van der Waals surface area contributed by atoms with E-state index in [-0.39, 0.29) is 35.4 Å². The molecule has 7 aromatic rings. The number of aromatic hydroxyl groups is 2. The van der Waals surface area contributed by atoms with E-state index in [1.165, 1.54) is 15.8 Å². The lowest BCUT2D eigenvalue weighted by Gasteiger charge is -2.22. The van der Waals surface area contributed by atoms with Crippen LogP contribution in [-0.4, -0.2) is 61.1 Å². The molecule has 6 N–H and O–H groups in total. The molecule has 10 rings (SSSR count). The number of phenolic OH excluding ortho intramolecular Hbond substituents is 2. The number of benzene rings is 5. The maximum Gasteiger partial charge on any atom is 0.261 e. The maximum atomic E-state index is 12.8. The number of nitrogens with zero attached hydrogens (tertiary/aromatic N) is 3. The van der Waals surface area contributed by atoms with E-state index in [1.807, 2.05) is 49.1 Å². The lowest BCUT2D eigenvalue weighted by atomic mass is 9.99. The molecular formula is C50H48N6O4. The third kappa shape index (κ3) is 8.22. The molecule has 5 aromatic carbocycles. The second-order valence-electron chi connectivity index (χ2n) is 16.3. The molecule has 2 saturated carbocycles. The Morgan fingerprint density at radius 3 is 1.53 bits per heavy atom. The first-order valence-corrected chi connectivity index (χ1v) is 20.8. The van der Waals surface area contributed by atoms with Crippen LogP contribution in [0.1, 0.15) is 70.4 Å². The summed E-state index contributed by atoms with van der Waals surface area (Å²) >= 11 is 0. The van der Waals surface area contributed by atoms with Crippen LogP contribution in [0.3, 0.4) is 0 Å². The van der Waals surface area contributed by atoms with E-state index in [0.29, 0.717) is 29.8 Å². The van der Waals surface area contributed by atoms with Crippen LogP contribution in [0, 0.1) is 0 Å². The van der Waals surface area contributed by atoms with Gasteiger partial charge in [-0.3, -0.25) is 24.5 Å². The van der Waals surface area contributed by atoms with Gasteiger partial charge in [-0.1, -0.05) is 60.7 Å². The molecule has 60 heavy (non-hydrogen) atoms. The zero-order chi connectivity index (χ0) is 41.2. The largest absolute Gasteiger partial charge is 0.508 e. The summed E-state index contributed by atoms with van der Waals surface area (Å²) in [7, 11) is 0. The standard InChI is InChI=1S/C29H25N3O3.C21H23N3O/c33-23-11-7-19(8-12-23)27-17-30-16-20-6-5-18(13-26(20)27)15-31-21-9-10-22(14-21)32-28(34)24-3-1-2-4-25(24)29(32)35;22-17-5-6-18(10-17)24-11-14-1-2-16-12-23-13-21(20(16)9-14)15-3-7-19(25)8-4-15/h1-8,11-13,16-17,21-22,31,33H,9-10,14-15H2;1-4,7-9,12-13,17-18,24-25H,5-6,10-11,22H2. The Kier molecular flexibility index (Phi) is 11.1. The van der Waals surface area contributed by atoms with Gasteiger partial charge in [-0.05, 0) is 120 Å². The molecule has 0 saturated heterocycles. The van der Waals surface area contributed by atoms with Crippen LogP contribution in [0.25, 0.3) is 43.8 Å². The highest BCUT2D eigenvalue weighted by Crippen LogP contribution is 2.34. The number of pyridine rings is 2. The van der Waals surface area contributed by atoms with Crippen LogP contribution in [0.2, 0.25) is 0 Å². The molecule has 0 bridgehead atoms. The van der Waals surface area contributed by atoms with Crippen molar-refractivity contribution in [2.75, 3.05) is 0 Å². The highest BCUT2D eigenvalue weighted by Gasteiger charge is 2.42. The van der Waals surface area contributed by atoms with Gasteiger partial charge in [0.05, 0.1) is 11.1 Å². The average molecular weight is 797 g/mol. The average Bonchev–Trinajstić information content (AvgIpc) is 3.99. The third-order valence-electron chi connectivity index (χ3n) is 12.3. The van der Waals surface area contributed by atoms with Gasteiger partial charge in [0.25, 0.3) is 11.8 Å². The molecule has 2 aromatic heterocycles. The van der Waals surface area contributed by atoms with E-state index in [0.717, 1.165) is 89.0 Å². The first-order chi connectivity index (χ1) is 29.3. The number of carbonyl (C=O) groups excluding carboxylic acids is 2. The summed E-state index contributed by atoms with van der Waals surface area (Å²) < 4.78 is 0. The fourth-order valence-corrected chi connectivity index (χ4v) is 9.03. The van der Waals surface area contributed by atoms with Crippen molar-refractivity contribution in [1.29, 1.82) is 0 Å². The molecule has 4 atom stereocenters. The topological polar surface area (TPSA) is 154 Å². The quantitative estimate of drug-likeness (QED) is 0.0906. The fraction of sp³-hybridized carbons (Fsp3) is 0.240. The number of rotatable bonds is 9. The fourth-order valence-electron chi connectivity index (χ4n) is 9.03. The van der Waals surface area contributed by atoms with Gasteiger partial charge in [-0.25, -0.2) is 0 Å². The molecule has 3 aliphatic rings. The van der Waals surface area contributed by atoms with Crippen molar-refractivity contribution in [3.63, 3.8) is 0 Å². The van der Waals surface area contributed by atoms with Crippen molar-refractivity contribution in [2.45, 2.75) is 75.8 Å². The second kappa shape index (κ2) is 17.0. The summed E-state index contributed by atoms with van der Waals surface area (Å²) in [6.45, 7) is 1.55. The lowest BCUT2D eigenvalue weighted by Crippen LogP contribution is -2.39. The first-order valence-electron chi connectivity index (χ1n) is 20.8. The second-order valence-corrected chi connectivity index (χ2v) is 16.3. The van der Waals surface area contributed by atoms with Crippen molar-refractivity contribution < 1.29 is 19.8 Å². The molecule has 0 radical (unpaired) electrons. The zero-order valence-electron chi connectivity index (χ0n) is 33.3. The van der Waals surface area contributed by atoms with Crippen LogP contribution >= 0.6 is 0 Å². The number of phenols is 2. The molecule has 2 fully saturated rings. The van der Waals surface area contributed by atoms with Crippen molar-refractivity contribution in [1.82, 2.24) is 25.5 Å². The Balaban J connectivity index is 0.000000163. The number of nitrogens with two attached hydrogens (primary N) is 1. The summed E-state index contributed by atoms with van der Waals surface area (Å²) in [5, 5.41) is 30.9. The van der Waals surface area contributed by atoms with Crippen molar-refractivity contribution >= 4 is 33.4 Å². The summed E-state index contributed by atoms with van der Waals surface area (Å²) in [6, 6.07) is 35.5. The number of carbonyl (C=O) groups is 2. The Bertz CT molecular complexity index is 2650. The number of fused-ring (bicyclic) bond motifs is 3. The summed E-state index contributed by atoms with van der Waals surface area (Å²) in [4.78, 5) is 35.9. The summed E-state index contributed by atoms with van der Waals surface area (Å²) in [6.07, 6.45) is 13.4. The van der Waals surface area contributed by atoms with Crippen LogP contribution in [0.15, 0.2) is 134 Å². The SMILES string of the molecule is NC1CCC(NCc2ccc3cncc(-c4ccc(O)cc4)c3c2)C1.O=C1c2ccccc2C(=O)N1C1CCC(NCc2ccc3cncc(-c4ccc(O)cc4)c3c2)C1. The summed E-state index contributed by atoms with van der Waals surface area (Å²) in [5.74, 6) is 0.182. The van der Waals surface area contributed by atoms with Gasteiger partial charge in [-0.2, -0.15) is 0 Å². The Morgan fingerprint density at radius 1 is 0.567 bits per heavy atom. The molecule has 2 aliphatic carbocycles. The van der Waals surface area contributed by atoms with Crippen molar-refractivity contribution in [2.24, 2.45) is 5.73 Å². The molecule has 10 nitrogen and oxygen atoms in total. The van der Waals surface area contributed by atoms with E-state index in [9.17, 15) is 19.8 Å². The van der Waals surface area contributed by atoms with E-state index in [2.05, 4.69) is 57.0 Å². The van der Waals surface area contributed by atoms with Crippen molar-refractivity contribution in [3.05, 3.63) is 156 Å². The van der Waals surface area contributed by atoms with Gasteiger partial charge in [-0.15, -0.1) is 0 Å². The predicted molar refractivity (Wildman–Crippen MR) is 235 cm³/mol. The smallest absolute Gasteiger partial charge is 0.261 e. The van der Waals surface area contributed by atoms with Gasteiger partial charge in [0.15, 0.2) is 0 Å². The number of amides is 2. The normalized spacial score (nSPS) is 19.8. The molecule has 4 unspecified atom stereocenters. The van der Waals surface area contributed by atoms with E-state index in [4.69, 9.17) is 5.73 Å². The Morgan fingerprint density at radius 2 is 1.05 bits per heavy atom. The zero-order valence-corrected chi connectivity index (χ0v) is 33.3. The molecule has 3 heterocycles. The molecule has 1 aliphatic heterocycles. The molecule has 2 amide bonds. The number of hydrogen-bond acceptors (Lipinski definition) is 9. The minimum atomic E-state index is -0.166. The van der Waals surface area contributed by atoms with Gasteiger partial charge in [0.2, 0.25) is 0 Å². The third-order valence-corrected chi connectivity index (χ3v) is 12.3. The van der Waals surface area contributed by atoms with Crippen molar-refractivity contribution in [3.8, 4) is 33.8 Å². The number of aromatic nitrogens is 2. The van der Waals surface area contributed by atoms with Gasteiger partial charge < -0.3 is 26.6 Å². The van der Waals surface area contributed by atoms with Gasteiger partial charge >= 0.3 is 0 Å². The minimum absolute atomic E-state index is 0.0660. The van der Waals surface area contributed by atoms with Crippen LogP contribution in [0.5, 0.6) is 11.5 Å². The van der Waals surface area contributed by atoms with Crippen LogP contribution in [0.4, 0.5) is 0 Å². The molecule has 302 valence electrons. The summed E-state index contributed by atoms with van der Waals surface area (Å²) in [5.41, 5.74) is 13.6. The molecule has 10 heteroatoms. The number of hydrogen-bond donors (Lipinski definition) is 5. The predicted octanol–water partition coefficient (Wildman–Crippen LogP) is 8.49. The lowest BCUT2D eigenvalue weighted by molar-refractivity contribution is 0.0586. The highest BCUT2D eigenvalue weighted by atomic mass is 16.3.